The highest BCUT2D eigenvalue weighted by Crippen LogP contribution is 2.21. The first-order valence-electron chi connectivity index (χ1n) is 7.64. The van der Waals surface area contributed by atoms with Crippen molar-refractivity contribution in [1.29, 1.82) is 0 Å². The molecule has 0 bridgehead atoms. The van der Waals surface area contributed by atoms with Gasteiger partial charge in [-0.25, -0.2) is 15.0 Å². The summed E-state index contributed by atoms with van der Waals surface area (Å²) in [5, 5.41) is 23.6. The molecule has 3 heterocycles. The van der Waals surface area contributed by atoms with Gasteiger partial charge in [-0.05, 0) is 29.6 Å². The SMILES string of the molecule is CCN(/N=C/c1ccc2c(c1)COB2O)c1ncnc2[nH]ncc12. The van der Waals surface area contributed by atoms with Gasteiger partial charge in [0.2, 0.25) is 0 Å². The second-order valence-electron chi connectivity index (χ2n) is 5.41. The van der Waals surface area contributed by atoms with E-state index in [1.54, 1.807) is 17.4 Å². The van der Waals surface area contributed by atoms with Crippen LogP contribution < -0.4 is 10.5 Å². The third kappa shape index (κ3) is 2.53. The molecule has 2 aromatic heterocycles. The minimum absolute atomic E-state index is 0.414. The van der Waals surface area contributed by atoms with E-state index >= 15 is 0 Å². The fourth-order valence-corrected chi connectivity index (χ4v) is 2.71. The Morgan fingerprint density at radius 3 is 3.25 bits per heavy atom. The van der Waals surface area contributed by atoms with Crippen LogP contribution in [0.1, 0.15) is 18.1 Å². The van der Waals surface area contributed by atoms with Crippen molar-refractivity contribution in [2.45, 2.75) is 13.5 Å². The number of benzene rings is 1. The maximum atomic E-state index is 9.67. The van der Waals surface area contributed by atoms with Crippen molar-refractivity contribution < 1.29 is 9.68 Å². The summed E-state index contributed by atoms with van der Waals surface area (Å²) in [6, 6.07) is 5.74. The number of hydrogen-bond donors (Lipinski definition) is 2. The normalized spacial score (nSPS) is 13.8. The number of hydrogen-bond acceptors (Lipinski definition) is 7. The van der Waals surface area contributed by atoms with Crippen LogP contribution in [0, 0.1) is 0 Å². The van der Waals surface area contributed by atoms with E-state index in [2.05, 4.69) is 25.3 Å². The first-order valence-corrected chi connectivity index (χ1v) is 7.64. The average Bonchev–Trinajstić information content (AvgIpc) is 3.22. The minimum Gasteiger partial charge on any atom is -0.423 e. The second-order valence-corrected chi connectivity index (χ2v) is 5.41. The average molecular weight is 322 g/mol. The van der Waals surface area contributed by atoms with Crippen LogP contribution in [0.2, 0.25) is 0 Å². The Morgan fingerprint density at radius 2 is 2.38 bits per heavy atom. The molecule has 0 fully saturated rings. The molecule has 0 amide bonds. The van der Waals surface area contributed by atoms with Gasteiger partial charge in [0.05, 0.1) is 24.4 Å². The lowest BCUT2D eigenvalue weighted by Gasteiger charge is -2.15. The number of anilines is 1. The second kappa shape index (κ2) is 6.02. The van der Waals surface area contributed by atoms with Crippen molar-refractivity contribution in [2.24, 2.45) is 5.10 Å². The van der Waals surface area contributed by atoms with Crippen LogP contribution in [0.5, 0.6) is 0 Å². The number of nitrogens with zero attached hydrogens (tertiary/aromatic N) is 5. The van der Waals surface area contributed by atoms with Gasteiger partial charge in [-0.2, -0.15) is 10.2 Å². The first kappa shape index (κ1) is 14.8. The van der Waals surface area contributed by atoms with Gasteiger partial charge in [-0.15, -0.1) is 0 Å². The quantitative estimate of drug-likeness (QED) is 0.410. The van der Waals surface area contributed by atoms with Gasteiger partial charge in [0.15, 0.2) is 11.5 Å². The summed E-state index contributed by atoms with van der Waals surface area (Å²) in [7, 11) is -0.825. The number of rotatable bonds is 4. The van der Waals surface area contributed by atoms with Crippen LogP contribution >= 0.6 is 0 Å². The predicted octanol–water partition coefficient (Wildman–Crippen LogP) is 0.431. The van der Waals surface area contributed by atoms with Gasteiger partial charge in [0.25, 0.3) is 0 Å². The zero-order valence-corrected chi connectivity index (χ0v) is 13.0. The largest absolute Gasteiger partial charge is 0.491 e. The number of H-pyrrole nitrogens is 1. The molecule has 0 spiro atoms. The molecule has 24 heavy (non-hydrogen) atoms. The predicted molar refractivity (Wildman–Crippen MR) is 91.1 cm³/mol. The molecule has 8 nitrogen and oxygen atoms in total. The van der Waals surface area contributed by atoms with E-state index in [0.29, 0.717) is 24.6 Å². The number of fused-ring (bicyclic) bond motifs is 2. The summed E-state index contributed by atoms with van der Waals surface area (Å²) in [6.07, 6.45) is 4.95. The molecule has 1 aliphatic heterocycles. The molecule has 0 atom stereocenters. The van der Waals surface area contributed by atoms with E-state index in [1.807, 2.05) is 25.1 Å². The topological polar surface area (TPSA) is 99.5 Å². The highest BCUT2D eigenvalue weighted by atomic mass is 16.5. The monoisotopic (exact) mass is 322 g/mol. The highest BCUT2D eigenvalue weighted by Gasteiger charge is 2.26. The maximum Gasteiger partial charge on any atom is 0.491 e. The lowest BCUT2D eigenvalue weighted by molar-refractivity contribution is 0.275. The van der Waals surface area contributed by atoms with Crippen LogP contribution in [-0.2, 0) is 11.3 Å². The summed E-state index contributed by atoms with van der Waals surface area (Å²) in [4.78, 5) is 8.46. The fraction of sp³-hybridized carbons (Fsp3) is 0.200. The zero-order valence-electron chi connectivity index (χ0n) is 13.0. The summed E-state index contributed by atoms with van der Waals surface area (Å²) < 4.78 is 5.21. The fourth-order valence-electron chi connectivity index (χ4n) is 2.71. The van der Waals surface area contributed by atoms with Crippen molar-refractivity contribution >= 4 is 35.6 Å². The van der Waals surface area contributed by atoms with E-state index in [9.17, 15) is 5.02 Å². The van der Waals surface area contributed by atoms with E-state index in [4.69, 9.17) is 4.65 Å². The van der Waals surface area contributed by atoms with E-state index in [0.717, 1.165) is 22.0 Å². The van der Waals surface area contributed by atoms with Gasteiger partial charge in [0.1, 0.15) is 6.33 Å². The van der Waals surface area contributed by atoms with E-state index in [1.165, 1.54) is 6.33 Å². The summed E-state index contributed by atoms with van der Waals surface area (Å²) >= 11 is 0. The van der Waals surface area contributed by atoms with Gasteiger partial charge < -0.3 is 9.68 Å². The Bertz CT molecular complexity index is 912. The minimum atomic E-state index is -0.825. The molecule has 1 aliphatic rings. The van der Waals surface area contributed by atoms with Crippen molar-refractivity contribution in [1.82, 2.24) is 20.2 Å². The maximum absolute atomic E-state index is 9.67. The lowest BCUT2D eigenvalue weighted by Crippen LogP contribution is -2.27. The van der Waals surface area contributed by atoms with Crippen molar-refractivity contribution in [2.75, 3.05) is 11.6 Å². The molecular formula is C15H15BN6O2. The van der Waals surface area contributed by atoms with Gasteiger partial charge in [-0.1, -0.05) is 12.1 Å². The Kier molecular flexibility index (Phi) is 3.71. The molecule has 0 saturated heterocycles. The Balaban J connectivity index is 1.63. The zero-order chi connectivity index (χ0) is 16.5. The van der Waals surface area contributed by atoms with Gasteiger partial charge in [-0.3, -0.25) is 5.10 Å². The molecule has 0 aliphatic carbocycles. The number of aromatic amines is 1. The lowest BCUT2D eigenvalue weighted by atomic mass is 9.79. The smallest absolute Gasteiger partial charge is 0.423 e. The number of hydrazone groups is 1. The van der Waals surface area contributed by atoms with E-state index < -0.39 is 7.12 Å². The molecule has 0 radical (unpaired) electrons. The van der Waals surface area contributed by atoms with E-state index in [-0.39, 0.29) is 0 Å². The van der Waals surface area contributed by atoms with Crippen LogP contribution in [0.4, 0.5) is 5.82 Å². The Morgan fingerprint density at radius 1 is 1.46 bits per heavy atom. The molecule has 9 heteroatoms. The van der Waals surface area contributed by atoms with Gasteiger partial charge in [0, 0.05) is 6.54 Å². The van der Waals surface area contributed by atoms with Crippen molar-refractivity contribution in [3.05, 3.63) is 41.9 Å². The summed E-state index contributed by atoms with van der Waals surface area (Å²) in [5.41, 5.74) is 3.41. The molecule has 120 valence electrons. The summed E-state index contributed by atoms with van der Waals surface area (Å²) in [5.74, 6) is 0.701. The van der Waals surface area contributed by atoms with Crippen LogP contribution in [0.15, 0.2) is 35.8 Å². The molecule has 2 N–H and O–H groups in total. The molecule has 3 aromatic rings. The first-order chi connectivity index (χ1) is 11.8. The van der Waals surface area contributed by atoms with Crippen molar-refractivity contribution in [3.8, 4) is 0 Å². The molecular weight excluding hydrogens is 307 g/mol. The Labute approximate surface area is 138 Å². The molecule has 4 rings (SSSR count). The molecule has 0 unspecified atom stereocenters. The Hall–Kier alpha value is -2.78. The third-order valence-electron chi connectivity index (χ3n) is 3.95. The van der Waals surface area contributed by atoms with Crippen LogP contribution in [0.3, 0.4) is 0 Å². The van der Waals surface area contributed by atoms with Crippen molar-refractivity contribution in [3.63, 3.8) is 0 Å². The summed E-state index contributed by atoms with van der Waals surface area (Å²) in [6.45, 7) is 3.07. The van der Waals surface area contributed by atoms with Gasteiger partial charge >= 0.3 is 7.12 Å². The number of nitrogens with one attached hydrogen (secondary N) is 1. The van der Waals surface area contributed by atoms with Crippen LogP contribution in [-0.4, -0.2) is 45.1 Å². The highest BCUT2D eigenvalue weighted by molar-refractivity contribution is 6.61. The number of aromatic nitrogens is 4. The molecule has 0 saturated carbocycles. The standard InChI is InChI=1S/C15H15BN6O2/c1-2-22(15-12-7-19-21-14(12)17-9-18-15)20-6-10-3-4-13-11(5-10)8-24-16(13)23/h3-7,9,23H,2,8H2,1H3,(H,17,18,19,21)/b20-6+. The third-order valence-corrected chi connectivity index (χ3v) is 3.95. The molecule has 1 aromatic carbocycles. The van der Waals surface area contributed by atoms with Crippen LogP contribution in [0.25, 0.3) is 11.0 Å².